The van der Waals surface area contributed by atoms with Gasteiger partial charge in [0.25, 0.3) is 0 Å². The molecule has 5 nitrogen and oxygen atoms in total. The Balaban J connectivity index is 1.81. The van der Waals surface area contributed by atoms with E-state index in [-0.39, 0.29) is 17.7 Å². The second-order valence-electron chi connectivity index (χ2n) is 6.33. The summed E-state index contributed by atoms with van der Waals surface area (Å²) < 4.78 is 0. The number of unbranched alkanes of at least 4 members (excludes halogenated alkanes) is 1. The molecule has 1 aromatic carbocycles. The highest BCUT2D eigenvalue weighted by atomic mass is 16.2. The smallest absolute Gasteiger partial charge is 0.238 e. The molecule has 0 aliphatic carbocycles. The molecule has 0 aromatic heterocycles. The minimum Gasteiger partial charge on any atom is -0.369 e. The Labute approximate surface area is 138 Å². The van der Waals surface area contributed by atoms with Gasteiger partial charge in [-0.3, -0.25) is 14.5 Å². The van der Waals surface area contributed by atoms with Crippen molar-refractivity contribution in [2.24, 2.45) is 11.7 Å². The Kier molecular flexibility index (Phi) is 6.59. The van der Waals surface area contributed by atoms with E-state index < -0.39 is 0 Å². The van der Waals surface area contributed by atoms with Crippen LogP contribution < -0.4 is 11.1 Å². The molecule has 5 heteroatoms. The molecule has 1 heterocycles. The van der Waals surface area contributed by atoms with Crippen molar-refractivity contribution in [1.82, 2.24) is 4.90 Å². The lowest BCUT2D eigenvalue weighted by atomic mass is 9.97. The lowest BCUT2D eigenvalue weighted by Gasteiger charge is -2.30. The highest BCUT2D eigenvalue weighted by Gasteiger charge is 2.25. The van der Waals surface area contributed by atoms with Gasteiger partial charge in [0.05, 0.1) is 12.5 Å². The van der Waals surface area contributed by atoms with E-state index in [0.717, 1.165) is 31.5 Å². The summed E-state index contributed by atoms with van der Waals surface area (Å²) in [7, 11) is 0. The Morgan fingerprint density at radius 3 is 2.70 bits per heavy atom. The molecular weight excluding hydrogens is 290 g/mol. The van der Waals surface area contributed by atoms with Crippen LogP contribution in [0.5, 0.6) is 0 Å². The first kappa shape index (κ1) is 17.5. The third-order valence-electron chi connectivity index (χ3n) is 4.33. The van der Waals surface area contributed by atoms with Gasteiger partial charge in [0, 0.05) is 12.2 Å². The van der Waals surface area contributed by atoms with Crippen molar-refractivity contribution in [1.29, 1.82) is 0 Å². The largest absolute Gasteiger partial charge is 0.369 e. The normalized spacial score (nSPS) is 18.6. The summed E-state index contributed by atoms with van der Waals surface area (Å²) in [5.74, 6) is -0.441. The molecule has 2 amide bonds. The van der Waals surface area contributed by atoms with Crippen molar-refractivity contribution >= 4 is 17.5 Å². The van der Waals surface area contributed by atoms with Crippen molar-refractivity contribution in [3.8, 4) is 0 Å². The van der Waals surface area contributed by atoms with Gasteiger partial charge >= 0.3 is 0 Å². The molecule has 1 aromatic rings. The van der Waals surface area contributed by atoms with Crippen LogP contribution in [0.25, 0.3) is 0 Å². The number of anilines is 1. The molecule has 0 spiro atoms. The van der Waals surface area contributed by atoms with Gasteiger partial charge in [-0.2, -0.15) is 0 Å². The second-order valence-corrected chi connectivity index (χ2v) is 6.33. The maximum absolute atomic E-state index is 12.1. The van der Waals surface area contributed by atoms with Crippen molar-refractivity contribution in [2.75, 3.05) is 25.0 Å². The van der Waals surface area contributed by atoms with Crippen LogP contribution in [0.15, 0.2) is 24.3 Å². The first-order valence-electron chi connectivity index (χ1n) is 8.49. The van der Waals surface area contributed by atoms with Crippen LogP contribution in [0.4, 0.5) is 5.69 Å². The Morgan fingerprint density at radius 2 is 2.04 bits per heavy atom. The van der Waals surface area contributed by atoms with E-state index in [1.165, 1.54) is 18.4 Å². The molecule has 3 N–H and O–H groups in total. The van der Waals surface area contributed by atoms with Crippen LogP contribution in [0.3, 0.4) is 0 Å². The van der Waals surface area contributed by atoms with Crippen LogP contribution in [0.1, 0.15) is 38.2 Å². The summed E-state index contributed by atoms with van der Waals surface area (Å²) >= 11 is 0. The summed E-state index contributed by atoms with van der Waals surface area (Å²) in [6.07, 6.45) is 5.18. The minimum absolute atomic E-state index is 0.0450. The minimum atomic E-state index is -0.266. The third kappa shape index (κ3) is 5.67. The quantitative estimate of drug-likeness (QED) is 0.809. The highest BCUT2D eigenvalue weighted by molar-refractivity contribution is 5.92. The molecule has 1 atom stereocenters. The molecule has 0 bridgehead atoms. The lowest BCUT2D eigenvalue weighted by Crippen LogP contribution is -2.44. The third-order valence-corrected chi connectivity index (χ3v) is 4.33. The van der Waals surface area contributed by atoms with Crippen molar-refractivity contribution in [3.05, 3.63) is 29.8 Å². The summed E-state index contributed by atoms with van der Waals surface area (Å²) in [4.78, 5) is 25.4. The number of primary amides is 1. The van der Waals surface area contributed by atoms with Gasteiger partial charge in [-0.15, -0.1) is 0 Å². The van der Waals surface area contributed by atoms with Crippen LogP contribution >= 0.6 is 0 Å². The fourth-order valence-electron chi connectivity index (χ4n) is 2.97. The van der Waals surface area contributed by atoms with E-state index in [0.29, 0.717) is 13.1 Å². The predicted molar refractivity (Wildman–Crippen MR) is 92.0 cm³/mol. The maximum Gasteiger partial charge on any atom is 0.238 e. The Bertz CT molecular complexity index is 528. The Hall–Kier alpha value is -1.88. The van der Waals surface area contributed by atoms with E-state index in [1.54, 1.807) is 0 Å². The van der Waals surface area contributed by atoms with Gasteiger partial charge in [-0.1, -0.05) is 25.5 Å². The summed E-state index contributed by atoms with van der Waals surface area (Å²) in [6.45, 7) is 3.91. The van der Waals surface area contributed by atoms with Gasteiger partial charge in [-0.25, -0.2) is 0 Å². The number of nitrogens with zero attached hydrogens (tertiary/aromatic N) is 1. The number of benzene rings is 1. The number of piperidine rings is 1. The van der Waals surface area contributed by atoms with Gasteiger partial charge in [0.1, 0.15) is 0 Å². The topological polar surface area (TPSA) is 75.4 Å². The number of hydrogen-bond acceptors (Lipinski definition) is 3. The monoisotopic (exact) mass is 317 g/mol. The lowest BCUT2D eigenvalue weighted by molar-refractivity contribution is -0.125. The Morgan fingerprint density at radius 1 is 1.30 bits per heavy atom. The van der Waals surface area contributed by atoms with E-state index in [9.17, 15) is 9.59 Å². The number of aryl methyl sites for hydroxylation is 1. The molecular formula is C18H27N3O2. The van der Waals surface area contributed by atoms with E-state index in [4.69, 9.17) is 5.73 Å². The molecule has 1 fully saturated rings. The fraction of sp³-hybridized carbons (Fsp3) is 0.556. The zero-order valence-corrected chi connectivity index (χ0v) is 13.9. The van der Waals surface area contributed by atoms with Crippen molar-refractivity contribution < 1.29 is 9.59 Å². The van der Waals surface area contributed by atoms with Crippen LogP contribution in [0, 0.1) is 5.92 Å². The average Bonchev–Trinajstić information content (AvgIpc) is 2.54. The van der Waals surface area contributed by atoms with Gasteiger partial charge in [0.15, 0.2) is 0 Å². The predicted octanol–water partition coefficient (Wildman–Crippen LogP) is 2.17. The fourth-order valence-corrected chi connectivity index (χ4v) is 2.97. The number of amides is 2. The zero-order chi connectivity index (χ0) is 16.7. The molecule has 0 unspecified atom stereocenters. The van der Waals surface area contributed by atoms with Crippen molar-refractivity contribution in [2.45, 2.75) is 39.0 Å². The number of hydrogen-bond donors (Lipinski definition) is 2. The summed E-state index contributed by atoms with van der Waals surface area (Å²) in [5.41, 5.74) is 7.48. The molecule has 1 aliphatic heterocycles. The molecule has 126 valence electrons. The van der Waals surface area contributed by atoms with E-state index >= 15 is 0 Å². The van der Waals surface area contributed by atoms with Crippen LogP contribution in [0.2, 0.25) is 0 Å². The summed E-state index contributed by atoms with van der Waals surface area (Å²) in [6, 6.07) is 8.03. The number of carbonyl (C=O) groups excluding carboxylic acids is 2. The number of rotatable bonds is 7. The first-order chi connectivity index (χ1) is 11.1. The summed E-state index contributed by atoms with van der Waals surface area (Å²) in [5, 5.41) is 2.92. The molecule has 1 aliphatic rings. The van der Waals surface area contributed by atoms with Gasteiger partial charge in [-0.05, 0) is 49.9 Å². The first-order valence-corrected chi connectivity index (χ1v) is 8.49. The van der Waals surface area contributed by atoms with E-state index in [1.807, 2.05) is 17.0 Å². The maximum atomic E-state index is 12.1. The number of carbonyl (C=O) groups is 2. The van der Waals surface area contributed by atoms with Crippen LogP contribution in [-0.4, -0.2) is 36.3 Å². The van der Waals surface area contributed by atoms with E-state index in [2.05, 4.69) is 24.4 Å². The van der Waals surface area contributed by atoms with Gasteiger partial charge in [0.2, 0.25) is 11.8 Å². The molecule has 2 rings (SSSR count). The second kappa shape index (κ2) is 8.67. The van der Waals surface area contributed by atoms with Crippen molar-refractivity contribution in [3.63, 3.8) is 0 Å². The SMILES string of the molecule is CCCCc1ccc(NC(=O)CN2CCC[C@@H](C(N)=O)C2)cc1. The number of nitrogens with one attached hydrogen (secondary N) is 1. The number of nitrogens with two attached hydrogens (primary N) is 1. The zero-order valence-electron chi connectivity index (χ0n) is 13.9. The molecule has 0 saturated carbocycles. The molecule has 1 saturated heterocycles. The molecule has 0 radical (unpaired) electrons. The number of likely N-dealkylation sites (tertiary alicyclic amines) is 1. The molecule has 23 heavy (non-hydrogen) atoms. The van der Waals surface area contributed by atoms with Crippen LogP contribution in [-0.2, 0) is 16.0 Å². The average molecular weight is 317 g/mol. The highest BCUT2D eigenvalue weighted by Crippen LogP contribution is 2.16. The van der Waals surface area contributed by atoms with Gasteiger partial charge < -0.3 is 11.1 Å². The standard InChI is InChI=1S/C18H27N3O2/c1-2-3-5-14-7-9-16(10-8-14)20-17(22)13-21-11-4-6-15(12-21)18(19)23/h7-10,15H,2-6,11-13H2,1H3,(H2,19,23)(H,20,22)/t15-/m1/s1.